The van der Waals surface area contributed by atoms with Crippen LogP contribution in [-0.4, -0.2) is 42.1 Å². The molecule has 8 aromatic rings. The first-order valence-electron chi connectivity index (χ1n) is 30.8. The number of nitrogens with zero attached hydrogens (tertiary/aromatic N) is 2. The summed E-state index contributed by atoms with van der Waals surface area (Å²) >= 11 is 1.89. The first-order valence-corrected chi connectivity index (χ1v) is 39.1. The molecule has 1 N–H and O–H groups in total. The van der Waals surface area contributed by atoms with Gasteiger partial charge >= 0.3 is 0 Å². The zero-order chi connectivity index (χ0) is 63.5. The Kier molecular flexibility index (Phi) is 31.7. The Hall–Kier alpha value is -4.47. The Morgan fingerprint density at radius 2 is 0.727 bits per heavy atom. The topological polar surface area (TPSA) is 18.5 Å². The highest BCUT2D eigenvalue weighted by atomic mass is 127. The molecule has 2 aliphatic rings. The lowest BCUT2D eigenvalue weighted by molar-refractivity contribution is 0.321. The molecule has 8 aromatic carbocycles. The molecule has 3 nitrogen and oxygen atoms in total. The van der Waals surface area contributed by atoms with Gasteiger partial charge in [0.25, 0.3) is 0 Å². The van der Waals surface area contributed by atoms with Gasteiger partial charge in [-0.2, -0.15) is 0 Å². The van der Waals surface area contributed by atoms with Crippen molar-refractivity contribution in [1.29, 1.82) is 0 Å². The third-order valence-electron chi connectivity index (χ3n) is 15.4. The van der Waals surface area contributed by atoms with Crippen molar-refractivity contribution in [2.75, 3.05) is 32.7 Å². The van der Waals surface area contributed by atoms with Gasteiger partial charge in [-0.3, -0.25) is 9.53 Å². The van der Waals surface area contributed by atoms with Crippen LogP contribution in [0.3, 0.4) is 0 Å². The molecule has 4 atom stereocenters. The minimum atomic E-state index is -1.76. The Balaban J connectivity index is 0.000000212. The molecule has 16 heteroatoms. The summed E-state index contributed by atoms with van der Waals surface area (Å²) in [6, 6.07) is 56.4. The molecule has 0 bridgehead atoms. The van der Waals surface area contributed by atoms with E-state index in [4.69, 9.17) is 0 Å². The molecule has 2 fully saturated rings. The van der Waals surface area contributed by atoms with Crippen LogP contribution < -0.4 is 26.3 Å². The van der Waals surface area contributed by atoms with E-state index in [9.17, 15) is 26.3 Å². The van der Waals surface area contributed by atoms with Crippen LogP contribution in [0.4, 0.5) is 35.1 Å². The van der Waals surface area contributed by atoms with Crippen LogP contribution >= 0.6 is 51.8 Å². The van der Waals surface area contributed by atoms with Crippen molar-refractivity contribution < 1.29 is 35.1 Å². The number of benzene rings is 8. The van der Waals surface area contributed by atoms with Crippen molar-refractivity contribution in [2.45, 2.75) is 122 Å². The van der Waals surface area contributed by atoms with Gasteiger partial charge in [-0.15, -0.1) is 0 Å². The second kappa shape index (κ2) is 38.4. The molecule has 0 aromatic heterocycles. The summed E-state index contributed by atoms with van der Waals surface area (Å²) in [7, 11) is -2.93. The van der Waals surface area contributed by atoms with Crippen LogP contribution in [0.15, 0.2) is 194 Å². The largest absolute Gasteiger partial charge is 0.304 e. The third kappa shape index (κ3) is 20.5. The summed E-state index contributed by atoms with van der Waals surface area (Å²) in [5.74, 6) is -5.57. The Morgan fingerprint density at radius 1 is 0.420 bits per heavy atom. The number of hydrogen-bond donors (Lipinski definition) is 1. The van der Waals surface area contributed by atoms with Crippen molar-refractivity contribution in [3.05, 3.63) is 263 Å². The molecular weight excluding hydrogens is 1310 g/mol. The van der Waals surface area contributed by atoms with Gasteiger partial charge in [-0.25, -0.2) is 35.1 Å². The maximum Gasteiger partial charge on any atom is 0.135 e. The summed E-state index contributed by atoms with van der Waals surface area (Å²) in [5, 5.41) is 4.91. The van der Waals surface area contributed by atoms with Gasteiger partial charge in [0.05, 0.1) is 0 Å². The SMILES string of the molecule is CC.CCCCN(P(c1ccc(F)cc1F)c1ccc(F)cc1F)P1[C@@H](c2ccccc2)CC[C@@H]1c1ccccc1.CCCCNP1[C@H](c2ccccc2)CC[C@H]1c1ccccc1.CCN(CC)CC.Fc1ccc(P(I)c2ccc(F)cc2F)c(F)c1. The number of rotatable bonds is 20. The first-order chi connectivity index (χ1) is 42.7. The lowest BCUT2D eigenvalue weighted by atomic mass is 10.0. The van der Waals surface area contributed by atoms with E-state index in [2.05, 4.69) is 134 Å². The van der Waals surface area contributed by atoms with Crippen LogP contribution in [-0.2, 0) is 0 Å². The smallest absolute Gasteiger partial charge is 0.135 e. The first kappa shape index (κ1) is 72.6. The Morgan fingerprint density at radius 3 is 1.02 bits per heavy atom. The van der Waals surface area contributed by atoms with E-state index in [1.54, 1.807) is 0 Å². The molecule has 0 aliphatic carbocycles. The average molecular weight is 1390 g/mol. The Bertz CT molecular complexity index is 3080. The summed E-state index contributed by atoms with van der Waals surface area (Å²) < 4.78 is 114. The predicted octanol–water partition coefficient (Wildman–Crippen LogP) is 21.8. The number of nitrogens with one attached hydrogen (secondary N) is 1. The maximum absolute atomic E-state index is 15.6. The summed E-state index contributed by atoms with van der Waals surface area (Å²) in [4.78, 5) is 2.38. The lowest BCUT2D eigenvalue weighted by Crippen LogP contribution is -2.30. The molecule has 470 valence electrons. The van der Waals surface area contributed by atoms with Gasteiger partial charge in [-0.05, 0) is 174 Å². The lowest BCUT2D eigenvalue weighted by Gasteiger charge is -2.42. The summed E-state index contributed by atoms with van der Waals surface area (Å²) in [6.07, 6.45) is 8.84. The quantitative estimate of drug-likeness (QED) is 0.0355. The fraction of sp³-hybridized carbons (Fsp3) is 0.333. The van der Waals surface area contributed by atoms with Gasteiger partial charge in [0.1, 0.15) is 46.5 Å². The fourth-order valence-electron chi connectivity index (χ4n) is 10.9. The van der Waals surface area contributed by atoms with Gasteiger partial charge in [0.2, 0.25) is 0 Å². The van der Waals surface area contributed by atoms with Crippen LogP contribution in [0.25, 0.3) is 0 Å². The van der Waals surface area contributed by atoms with Gasteiger partial charge < -0.3 is 4.90 Å². The fourth-order valence-corrected chi connectivity index (χ4v) is 25.0. The summed E-state index contributed by atoms with van der Waals surface area (Å²) in [6.45, 7) is 20.3. The minimum Gasteiger partial charge on any atom is -0.304 e. The second-order valence-corrected chi connectivity index (χ2v) is 32.6. The number of hydrogen-bond acceptors (Lipinski definition) is 3. The normalized spacial score (nSPS) is 16.5. The molecule has 0 spiro atoms. The minimum absolute atomic E-state index is 0.186. The standard InChI is InChI=1S/C32H31F4NP2.C20H26NP.C12H6F4IP.C6H15N.C2H6/c1-2-3-20-37(39(31-16-14-25(33)21-27(31)35)32-17-15-26(34)22-28(32)36)38-29(23-10-6-4-7-11-23)18-19-30(38)24-12-8-5-9-13-24;1-2-3-16-21-22-19(17-10-6-4-7-11-17)14-15-20(22)18-12-8-5-9-13-18;13-7-1-3-11(9(15)5-7)18(17)12-4-2-8(14)6-10(12)16;1-4-7(5-2)6-3;1-2/h4-17,21-22,29-30H,2-3,18-20H2,1H3;4-13,19-21H,2-3,14-16H2,1H3;1-6H;4-6H2,1-3H3;1-2H3/t29-,30-;19-,20-;;;/m10.../s1. The number of unbranched alkanes of at least 4 members (excludes halogenated alkanes) is 2. The molecule has 88 heavy (non-hydrogen) atoms. The number of halogens is 9. The van der Waals surface area contributed by atoms with Gasteiger partial charge in [-0.1, -0.05) is 183 Å². The molecule has 0 radical (unpaired) electrons. The summed E-state index contributed by atoms with van der Waals surface area (Å²) in [5.41, 5.74) is 5.94. The molecule has 2 saturated heterocycles. The van der Waals surface area contributed by atoms with E-state index in [0.29, 0.717) is 17.9 Å². The Labute approximate surface area is 537 Å². The van der Waals surface area contributed by atoms with Crippen molar-refractivity contribution in [2.24, 2.45) is 0 Å². The molecule has 2 heterocycles. The van der Waals surface area contributed by atoms with Gasteiger partial charge in [0, 0.05) is 88.3 Å². The van der Waals surface area contributed by atoms with Crippen LogP contribution in [0.1, 0.15) is 145 Å². The van der Waals surface area contributed by atoms with Crippen molar-refractivity contribution in [3.8, 4) is 0 Å². The molecule has 0 saturated carbocycles. The van der Waals surface area contributed by atoms with Crippen molar-refractivity contribution in [1.82, 2.24) is 14.4 Å². The van der Waals surface area contributed by atoms with E-state index in [1.165, 1.54) is 104 Å². The molecular formula is C72H84F8IN3P4. The highest BCUT2D eigenvalue weighted by Gasteiger charge is 2.45. The van der Waals surface area contributed by atoms with E-state index in [-0.39, 0.29) is 40.6 Å². The average Bonchev–Trinajstić information content (AvgIpc) is 1.94. The molecule has 0 unspecified atom stereocenters. The van der Waals surface area contributed by atoms with E-state index < -0.39 is 68.2 Å². The van der Waals surface area contributed by atoms with Crippen LogP contribution in [0, 0.1) is 46.5 Å². The van der Waals surface area contributed by atoms with Crippen molar-refractivity contribution in [3.63, 3.8) is 0 Å². The molecule has 0 amide bonds. The highest BCUT2D eigenvalue weighted by Crippen LogP contribution is 2.76. The van der Waals surface area contributed by atoms with Crippen molar-refractivity contribution >= 4 is 73.0 Å². The van der Waals surface area contributed by atoms with E-state index in [0.717, 1.165) is 68.6 Å². The second-order valence-electron chi connectivity index (χ2n) is 21.0. The van der Waals surface area contributed by atoms with E-state index >= 15 is 8.78 Å². The van der Waals surface area contributed by atoms with E-state index in [1.807, 2.05) is 72.3 Å². The highest BCUT2D eigenvalue weighted by molar-refractivity contribution is 14.2. The maximum atomic E-state index is 15.6. The monoisotopic (exact) mass is 1390 g/mol. The van der Waals surface area contributed by atoms with Crippen LogP contribution in [0.2, 0.25) is 0 Å². The van der Waals surface area contributed by atoms with Crippen LogP contribution in [0.5, 0.6) is 0 Å². The molecule has 10 rings (SSSR count). The molecule has 2 aliphatic heterocycles. The third-order valence-corrected chi connectivity index (χ3v) is 29.7. The zero-order valence-electron chi connectivity index (χ0n) is 51.6. The zero-order valence-corrected chi connectivity index (χ0v) is 57.3. The van der Waals surface area contributed by atoms with Gasteiger partial charge in [0.15, 0.2) is 0 Å². The predicted molar refractivity (Wildman–Crippen MR) is 370 cm³/mol.